The van der Waals surface area contributed by atoms with Crippen molar-refractivity contribution in [3.05, 3.63) is 83.1 Å². The van der Waals surface area contributed by atoms with Crippen LogP contribution in [-0.2, 0) is 6.54 Å². The number of carbonyl (C=O) groups is 1. The number of nitrogens with one attached hydrogen (secondary N) is 2. The summed E-state index contributed by atoms with van der Waals surface area (Å²) in [5.74, 6) is 0.0689. The zero-order chi connectivity index (χ0) is 19.2. The Balaban J connectivity index is 1.73. The van der Waals surface area contributed by atoms with E-state index in [0.29, 0.717) is 22.8 Å². The van der Waals surface area contributed by atoms with Crippen LogP contribution in [0, 0.1) is 24.1 Å². The highest BCUT2D eigenvalue weighted by atomic mass is 19.1. The fraction of sp³-hybridized carbons (Fsp3) is 0.100. The molecule has 2 aromatic carbocycles. The quantitative estimate of drug-likeness (QED) is 0.726. The van der Waals surface area contributed by atoms with E-state index in [2.05, 4.69) is 20.6 Å². The average Bonchev–Trinajstić information content (AvgIpc) is 2.67. The highest BCUT2D eigenvalue weighted by Crippen LogP contribution is 2.16. The first-order chi connectivity index (χ1) is 13.0. The Morgan fingerprint density at radius 3 is 2.59 bits per heavy atom. The number of nitrogens with zero attached hydrogens (tertiary/aromatic N) is 3. The summed E-state index contributed by atoms with van der Waals surface area (Å²) in [6, 6.07) is 16.7. The summed E-state index contributed by atoms with van der Waals surface area (Å²) in [6.07, 6.45) is 0. The van der Waals surface area contributed by atoms with Crippen molar-refractivity contribution in [3.8, 4) is 6.07 Å². The van der Waals surface area contributed by atoms with Crippen molar-refractivity contribution >= 4 is 17.4 Å². The second kappa shape index (κ2) is 8.06. The van der Waals surface area contributed by atoms with Crippen LogP contribution < -0.4 is 10.6 Å². The van der Waals surface area contributed by atoms with Gasteiger partial charge in [-0.1, -0.05) is 18.2 Å². The van der Waals surface area contributed by atoms with E-state index in [1.807, 2.05) is 6.07 Å². The van der Waals surface area contributed by atoms with Gasteiger partial charge in [0.05, 0.1) is 11.6 Å². The Morgan fingerprint density at radius 2 is 1.89 bits per heavy atom. The predicted octanol–water partition coefficient (Wildman–Crippen LogP) is 3.47. The molecule has 0 unspecified atom stereocenters. The molecule has 0 saturated heterocycles. The molecule has 0 aliphatic heterocycles. The lowest BCUT2D eigenvalue weighted by molar-refractivity contribution is 0.0945. The van der Waals surface area contributed by atoms with Gasteiger partial charge in [0.25, 0.3) is 5.91 Å². The van der Waals surface area contributed by atoms with E-state index >= 15 is 0 Å². The van der Waals surface area contributed by atoms with Crippen LogP contribution in [0.1, 0.15) is 27.4 Å². The van der Waals surface area contributed by atoms with Gasteiger partial charge in [0.15, 0.2) is 0 Å². The highest BCUT2D eigenvalue weighted by molar-refractivity contribution is 5.93. The van der Waals surface area contributed by atoms with Gasteiger partial charge in [-0.2, -0.15) is 5.26 Å². The average molecular weight is 361 g/mol. The van der Waals surface area contributed by atoms with E-state index in [0.717, 1.165) is 5.69 Å². The Morgan fingerprint density at radius 1 is 1.15 bits per heavy atom. The van der Waals surface area contributed by atoms with E-state index < -0.39 is 5.91 Å². The molecular formula is C20H16FN5O. The van der Waals surface area contributed by atoms with Crippen LogP contribution in [0.5, 0.6) is 0 Å². The van der Waals surface area contributed by atoms with Crippen LogP contribution in [0.3, 0.4) is 0 Å². The second-order valence-electron chi connectivity index (χ2n) is 5.77. The topological polar surface area (TPSA) is 90.7 Å². The Labute approximate surface area is 155 Å². The molecule has 0 aliphatic rings. The lowest BCUT2D eigenvalue weighted by Crippen LogP contribution is -2.25. The van der Waals surface area contributed by atoms with E-state index in [1.54, 1.807) is 49.4 Å². The van der Waals surface area contributed by atoms with Crippen molar-refractivity contribution in [1.29, 1.82) is 5.26 Å². The lowest BCUT2D eigenvalue weighted by Gasteiger charge is -2.10. The molecule has 2 N–H and O–H groups in total. The zero-order valence-corrected chi connectivity index (χ0v) is 14.5. The number of hydrogen-bond acceptors (Lipinski definition) is 5. The van der Waals surface area contributed by atoms with Crippen LogP contribution in [0.15, 0.2) is 54.6 Å². The molecular weight excluding hydrogens is 345 g/mol. The Bertz CT molecular complexity index is 1010. The fourth-order valence-corrected chi connectivity index (χ4v) is 2.43. The maximum atomic E-state index is 13.7. The summed E-state index contributed by atoms with van der Waals surface area (Å²) in [6.45, 7) is 1.74. The SMILES string of the molecule is Cc1nc(Nc2ccc(C#N)cc2)cc(C(=O)NCc2ccccc2F)n1. The largest absolute Gasteiger partial charge is 0.347 e. The molecule has 27 heavy (non-hydrogen) atoms. The van der Waals surface area contributed by atoms with Gasteiger partial charge in [0.2, 0.25) is 0 Å². The summed E-state index contributed by atoms with van der Waals surface area (Å²) in [5, 5.41) is 14.6. The van der Waals surface area contributed by atoms with Crippen molar-refractivity contribution in [2.45, 2.75) is 13.5 Å². The molecule has 0 saturated carbocycles. The molecule has 0 fully saturated rings. The summed E-state index contributed by atoms with van der Waals surface area (Å²) in [7, 11) is 0. The molecule has 1 aromatic heterocycles. The maximum Gasteiger partial charge on any atom is 0.270 e. The third-order valence-electron chi connectivity index (χ3n) is 3.75. The van der Waals surface area contributed by atoms with E-state index in [4.69, 9.17) is 5.26 Å². The molecule has 0 spiro atoms. The number of rotatable bonds is 5. The minimum absolute atomic E-state index is 0.0624. The van der Waals surface area contributed by atoms with Crippen LogP contribution >= 0.6 is 0 Å². The van der Waals surface area contributed by atoms with Crippen molar-refractivity contribution < 1.29 is 9.18 Å². The summed E-state index contributed by atoms with van der Waals surface area (Å²) in [5.41, 5.74) is 1.85. The molecule has 1 heterocycles. The molecule has 3 aromatic rings. The molecule has 6 nitrogen and oxygen atoms in total. The number of carbonyl (C=O) groups excluding carboxylic acids is 1. The van der Waals surface area contributed by atoms with Gasteiger partial charge in [-0.3, -0.25) is 4.79 Å². The summed E-state index contributed by atoms with van der Waals surface area (Å²) < 4.78 is 13.7. The minimum atomic E-state index is -0.424. The van der Waals surface area contributed by atoms with Gasteiger partial charge in [-0.25, -0.2) is 14.4 Å². The first kappa shape index (κ1) is 18.0. The smallest absolute Gasteiger partial charge is 0.270 e. The van der Waals surface area contributed by atoms with Gasteiger partial charge in [-0.15, -0.1) is 0 Å². The van der Waals surface area contributed by atoms with Crippen molar-refractivity contribution in [3.63, 3.8) is 0 Å². The van der Waals surface area contributed by atoms with Crippen LogP contribution in [0.2, 0.25) is 0 Å². The standard InChI is InChI=1S/C20H16FN5O/c1-13-24-18(20(27)23-12-15-4-2-3-5-17(15)21)10-19(25-13)26-16-8-6-14(11-22)7-9-16/h2-10H,12H2,1H3,(H,23,27)(H,24,25,26). The molecule has 134 valence electrons. The van der Waals surface area contributed by atoms with E-state index in [1.165, 1.54) is 12.1 Å². The van der Waals surface area contributed by atoms with Gasteiger partial charge in [0.1, 0.15) is 23.2 Å². The zero-order valence-electron chi connectivity index (χ0n) is 14.5. The number of nitriles is 1. The minimum Gasteiger partial charge on any atom is -0.347 e. The molecule has 0 radical (unpaired) electrons. The fourth-order valence-electron chi connectivity index (χ4n) is 2.43. The molecule has 1 amide bonds. The predicted molar refractivity (Wildman–Crippen MR) is 98.8 cm³/mol. The third-order valence-corrected chi connectivity index (χ3v) is 3.75. The number of amides is 1. The lowest BCUT2D eigenvalue weighted by atomic mass is 10.2. The normalized spacial score (nSPS) is 10.1. The van der Waals surface area contributed by atoms with Crippen molar-refractivity contribution in [2.24, 2.45) is 0 Å². The maximum absolute atomic E-state index is 13.7. The van der Waals surface area contributed by atoms with Crippen molar-refractivity contribution in [1.82, 2.24) is 15.3 Å². The van der Waals surface area contributed by atoms with Gasteiger partial charge in [0, 0.05) is 23.9 Å². The summed E-state index contributed by atoms with van der Waals surface area (Å²) in [4.78, 5) is 20.8. The number of aryl methyl sites for hydroxylation is 1. The first-order valence-corrected chi connectivity index (χ1v) is 8.19. The van der Waals surface area contributed by atoms with Gasteiger partial charge >= 0.3 is 0 Å². The monoisotopic (exact) mass is 361 g/mol. The molecule has 7 heteroatoms. The number of halogens is 1. The highest BCUT2D eigenvalue weighted by Gasteiger charge is 2.11. The number of hydrogen-bond donors (Lipinski definition) is 2. The van der Waals surface area contributed by atoms with E-state index in [9.17, 15) is 9.18 Å². The Kier molecular flexibility index (Phi) is 5.38. The number of benzene rings is 2. The second-order valence-corrected chi connectivity index (χ2v) is 5.77. The molecule has 3 rings (SSSR count). The first-order valence-electron chi connectivity index (χ1n) is 8.19. The van der Waals surface area contributed by atoms with Gasteiger partial charge in [-0.05, 0) is 37.3 Å². The Hall–Kier alpha value is -3.79. The number of anilines is 2. The van der Waals surface area contributed by atoms with E-state index in [-0.39, 0.29) is 18.1 Å². The van der Waals surface area contributed by atoms with Crippen LogP contribution in [0.4, 0.5) is 15.9 Å². The van der Waals surface area contributed by atoms with Gasteiger partial charge < -0.3 is 10.6 Å². The summed E-state index contributed by atoms with van der Waals surface area (Å²) >= 11 is 0. The van der Waals surface area contributed by atoms with Crippen LogP contribution in [-0.4, -0.2) is 15.9 Å². The molecule has 0 bridgehead atoms. The number of aromatic nitrogens is 2. The van der Waals surface area contributed by atoms with Crippen LogP contribution in [0.25, 0.3) is 0 Å². The molecule has 0 aliphatic carbocycles. The molecule has 0 atom stereocenters. The third kappa shape index (κ3) is 4.64. The van der Waals surface area contributed by atoms with Crippen molar-refractivity contribution in [2.75, 3.05) is 5.32 Å².